The van der Waals surface area contributed by atoms with E-state index in [0.717, 1.165) is 0 Å². The molecule has 0 saturated heterocycles. The molecule has 0 bridgehead atoms. The number of para-hydroxylation sites is 2. The van der Waals surface area contributed by atoms with Crippen molar-refractivity contribution in [3.05, 3.63) is 48.0 Å². The van der Waals surface area contributed by atoms with Crippen LogP contribution in [0.3, 0.4) is 0 Å². The molecule has 0 aromatic heterocycles. The summed E-state index contributed by atoms with van der Waals surface area (Å²) in [6.45, 7) is 4.49. The Hall–Kier alpha value is -3.75. The molecule has 3 amide bonds. The van der Waals surface area contributed by atoms with Gasteiger partial charge in [-0.25, -0.2) is 0 Å². The standard InChI is InChI=1S/C20H23N3O6/c1-4-28-16-11-10-13(12-17(16)29-5-2)18(24)22-23-20(26)19(25)21-14-8-6-7-9-15(14)27-3/h6-12H,4-5H2,1-3H3,(H,21,25)(H,22,24)(H,23,26). The Labute approximate surface area is 168 Å². The number of carbonyl (C=O) groups excluding carboxylic acids is 3. The van der Waals surface area contributed by atoms with Crippen LogP contribution in [0.15, 0.2) is 42.5 Å². The maximum absolute atomic E-state index is 12.3. The first-order valence-electron chi connectivity index (χ1n) is 8.94. The highest BCUT2D eigenvalue weighted by molar-refractivity contribution is 6.39. The fourth-order valence-electron chi connectivity index (χ4n) is 2.36. The van der Waals surface area contributed by atoms with E-state index in [4.69, 9.17) is 14.2 Å². The zero-order chi connectivity index (χ0) is 21.2. The first-order chi connectivity index (χ1) is 14.0. The molecule has 0 heterocycles. The fraction of sp³-hybridized carbons (Fsp3) is 0.250. The predicted octanol–water partition coefficient (Wildman–Crippen LogP) is 1.89. The maximum Gasteiger partial charge on any atom is 0.328 e. The van der Waals surface area contributed by atoms with Crippen LogP contribution in [0.2, 0.25) is 0 Å². The van der Waals surface area contributed by atoms with E-state index >= 15 is 0 Å². The van der Waals surface area contributed by atoms with Crippen LogP contribution in [0.4, 0.5) is 5.69 Å². The molecule has 0 unspecified atom stereocenters. The molecule has 0 atom stereocenters. The van der Waals surface area contributed by atoms with Crippen LogP contribution >= 0.6 is 0 Å². The molecule has 29 heavy (non-hydrogen) atoms. The molecule has 0 radical (unpaired) electrons. The zero-order valence-electron chi connectivity index (χ0n) is 16.4. The van der Waals surface area contributed by atoms with Crippen LogP contribution in [-0.2, 0) is 9.59 Å². The van der Waals surface area contributed by atoms with E-state index in [1.165, 1.54) is 19.2 Å². The molecule has 0 aliphatic rings. The summed E-state index contributed by atoms with van der Waals surface area (Å²) < 4.78 is 16.0. The van der Waals surface area contributed by atoms with Gasteiger partial charge in [0.1, 0.15) is 5.75 Å². The number of benzene rings is 2. The van der Waals surface area contributed by atoms with E-state index in [2.05, 4.69) is 16.2 Å². The van der Waals surface area contributed by atoms with E-state index in [1.54, 1.807) is 30.3 Å². The van der Waals surface area contributed by atoms with E-state index in [-0.39, 0.29) is 5.56 Å². The average Bonchev–Trinajstić information content (AvgIpc) is 2.73. The van der Waals surface area contributed by atoms with E-state index in [0.29, 0.717) is 36.1 Å². The number of ether oxygens (including phenoxy) is 3. The Morgan fingerprint density at radius 2 is 1.52 bits per heavy atom. The molecule has 3 N–H and O–H groups in total. The van der Waals surface area contributed by atoms with Crippen LogP contribution < -0.4 is 30.4 Å². The summed E-state index contributed by atoms with van der Waals surface area (Å²) in [4.78, 5) is 36.3. The van der Waals surface area contributed by atoms with Crippen LogP contribution in [0, 0.1) is 0 Å². The first kappa shape index (κ1) is 21.5. The lowest BCUT2D eigenvalue weighted by Crippen LogP contribution is -2.46. The van der Waals surface area contributed by atoms with Crippen molar-refractivity contribution in [2.75, 3.05) is 25.6 Å². The second kappa shape index (κ2) is 10.5. The highest BCUT2D eigenvalue weighted by Gasteiger charge is 2.17. The van der Waals surface area contributed by atoms with Crippen molar-refractivity contribution >= 4 is 23.4 Å². The van der Waals surface area contributed by atoms with Crippen molar-refractivity contribution < 1.29 is 28.6 Å². The van der Waals surface area contributed by atoms with Crippen molar-refractivity contribution in [1.82, 2.24) is 10.9 Å². The average molecular weight is 401 g/mol. The topological polar surface area (TPSA) is 115 Å². The van der Waals surface area contributed by atoms with Crippen LogP contribution in [0.1, 0.15) is 24.2 Å². The molecular formula is C20H23N3O6. The van der Waals surface area contributed by atoms with Crippen molar-refractivity contribution in [2.45, 2.75) is 13.8 Å². The molecule has 0 aliphatic carbocycles. The molecular weight excluding hydrogens is 378 g/mol. The minimum atomic E-state index is -1.04. The molecule has 0 aliphatic heterocycles. The van der Waals surface area contributed by atoms with Gasteiger partial charge in [0.25, 0.3) is 5.91 Å². The van der Waals surface area contributed by atoms with Gasteiger partial charge in [-0.1, -0.05) is 12.1 Å². The predicted molar refractivity (Wildman–Crippen MR) is 106 cm³/mol. The Morgan fingerprint density at radius 1 is 0.828 bits per heavy atom. The van der Waals surface area contributed by atoms with Crippen LogP contribution in [0.25, 0.3) is 0 Å². The molecule has 0 spiro atoms. The molecule has 2 aromatic rings. The second-order valence-electron chi connectivity index (χ2n) is 5.59. The number of amides is 3. The second-order valence-corrected chi connectivity index (χ2v) is 5.59. The lowest BCUT2D eigenvalue weighted by Gasteiger charge is -2.13. The van der Waals surface area contributed by atoms with Gasteiger partial charge in [0, 0.05) is 5.56 Å². The number of hydrazine groups is 1. The maximum atomic E-state index is 12.3. The number of rotatable bonds is 7. The Balaban J connectivity index is 1.98. The van der Waals surface area contributed by atoms with Gasteiger partial charge in [-0.2, -0.15) is 0 Å². The van der Waals surface area contributed by atoms with Gasteiger partial charge in [-0.05, 0) is 44.2 Å². The normalized spacial score (nSPS) is 9.90. The fourth-order valence-corrected chi connectivity index (χ4v) is 2.36. The van der Waals surface area contributed by atoms with Crippen LogP contribution in [-0.4, -0.2) is 38.0 Å². The van der Waals surface area contributed by atoms with Crippen molar-refractivity contribution in [3.63, 3.8) is 0 Å². The monoisotopic (exact) mass is 401 g/mol. The molecule has 9 heteroatoms. The van der Waals surface area contributed by atoms with Crippen molar-refractivity contribution in [1.29, 1.82) is 0 Å². The SMILES string of the molecule is CCOc1ccc(C(=O)NNC(=O)C(=O)Nc2ccccc2OC)cc1OCC. The Bertz CT molecular complexity index is 884. The molecule has 154 valence electrons. The highest BCUT2D eigenvalue weighted by atomic mass is 16.5. The third-order valence-corrected chi connectivity index (χ3v) is 3.66. The van der Waals surface area contributed by atoms with Gasteiger partial charge in [-0.3, -0.25) is 25.2 Å². The largest absolute Gasteiger partial charge is 0.495 e. The Kier molecular flexibility index (Phi) is 7.84. The lowest BCUT2D eigenvalue weighted by molar-refractivity contribution is -0.136. The number of anilines is 1. The smallest absolute Gasteiger partial charge is 0.328 e. The molecule has 9 nitrogen and oxygen atoms in total. The van der Waals surface area contributed by atoms with E-state index < -0.39 is 17.7 Å². The van der Waals surface area contributed by atoms with Gasteiger partial charge in [-0.15, -0.1) is 0 Å². The third kappa shape index (κ3) is 5.86. The summed E-state index contributed by atoms with van der Waals surface area (Å²) in [5, 5.41) is 2.41. The molecule has 0 fully saturated rings. The van der Waals surface area contributed by atoms with Gasteiger partial charge in [0.2, 0.25) is 0 Å². The van der Waals surface area contributed by atoms with Crippen LogP contribution in [0.5, 0.6) is 17.2 Å². The summed E-state index contributed by atoms with van der Waals surface area (Å²) in [5.74, 6) is -1.31. The van der Waals surface area contributed by atoms with Gasteiger partial charge < -0.3 is 19.5 Å². The summed E-state index contributed by atoms with van der Waals surface area (Å²) in [5.41, 5.74) is 4.81. The lowest BCUT2D eigenvalue weighted by atomic mass is 10.2. The molecule has 2 rings (SSSR count). The minimum Gasteiger partial charge on any atom is -0.495 e. The number of hydrogen-bond donors (Lipinski definition) is 3. The summed E-state index contributed by atoms with van der Waals surface area (Å²) in [7, 11) is 1.44. The van der Waals surface area contributed by atoms with E-state index in [9.17, 15) is 14.4 Å². The number of carbonyl (C=O) groups is 3. The van der Waals surface area contributed by atoms with Crippen molar-refractivity contribution in [3.8, 4) is 17.2 Å². The first-order valence-corrected chi connectivity index (χ1v) is 8.94. The number of hydrogen-bond acceptors (Lipinski definition) is 6. The van der Waals surface area contributed by atoms with Gasteiger partial charge in [0.05, 0.1) is 26.0 Å². The van der Waals surface area contributed by atoms with E-state index in [1.807, 2.05) is 13.8 Å². The Morgan fingerprint density at radius 3 is 2.21 bits per heavy atom. The number of methoxy groups -OCH3 is 1. The molecule has 2 aromatic carbocycles. The van der Waals surface area contributed by atoms with Gasteiger partial charge in [0.15, 0.2) is 11.5 Å². The van der Waals surface area contributed by atoms with Gasteiger partial charge >= 0.3 is 11.8 Å². The summed E-state index contributed by atoms with van der Waals surface area (Å²) in [6.07, 6.45) is 0. The minimum absolute atomic E-state index is 0.224. The highest BCUT2D eigenvalue weighted by Crippen LogP contribution is 2.28. The number of nitrogens with one attached hydrogen (secondary N) is 3. The zero-order valence-corrected chi connectivity index (χ0v) is 16.4. The summed E-state index contributed by atoms with van der Waals surface area (Å²) >= 11 is 0. The quantitative estimate of drug-likeness (QED) is 0.482. The molecule has 0 saturated carbocycles. The summed E-state index contributed by atoms with van der Waals surface area (Å²) in [6, 6.07) is 11.2. The third-order valence-electron chi connectivity index (χ3n) is 3.66. The van der Waals surface area contributed by atoms with Crippen molar-refractivity contribution in [2.24, 2.45) is 0 Å².